The van der Waals surface area contributed by atoms with E-state index in [0.29, 0.717) is 23.7 Å². The van der Waals surface area contributed by atoms with Crippen molar-refractivity contribution in [1.29, 1.82) is 0 Å². The Morgan fingerprint density at radius 2 is 1.70 bits per heavy atom. The maximum atomic E-state index is 12.4. The normalized spacial score (nSPS) is 25.7. The molecule has 2 N–H and O–H groups in total. The third-order valence-electron chi connectivity index (χ3n) is 5.06. The van der Waals surface area contributed by atoms with E-state index in [2.05, 4.69) is 30.6 Å². The molecule has 138 valence electrons. The number of amides is 1. The zero-order valence-corrected chi connectivity index (χ0v) is 16.6. The lowest BCUT2D eigenvalue weighted by atomic mass is 9.92. The maximum Gasteiger partial charge on any atom is 0.222 e. The molecule has 1 aliphatic heterocycles. The third-order valence-corrected chi connectivity index (χ3v) is 5.06. The number of carbonyl (C=O) groups excluding carboxylic acids is 1. The molecule has 0 aromatic heterocycles. The largest absolute Gasteiger partial charge is 0.340 e. The van der Waals surface area contributed by atoms with Gasteiger partial charge in [-0.25, -0.2) is 0 Å². The topological polar surface area (TPSA) is 49.6 Å². The van der Waals surface area contributed by atoms with Crippen LogP contribution < -0.4 is 5.73 Å². The fourth-order valence-corrected chi connectivity index (χ4v) is 3.39. The highest BCUT2D eigenvalue weighted by Crippen LogP contribution is 2.27. The van der Waals surface area contributed by atoms with Gasteiger partial charge in [0, 0.05) is 38.6 Å². The van der Waals surface area contributed by atoms with Crippen LogP contribution in [0.25, 0.3) is 0 Å². The highest BCUT2D eigenvalue weighted by atomic mass is 35.5. The van der Waals surface area contributed by atoms with E-state index in [1.165, 1.54) is 12.8 Å². The summed E-state index contributed by atoms with van der Waals surface area (Å²) in [5.41, 5.74) is 6.47. The molecule has 1 amide bonds. The lowest BCUT2D eigenvalue weighted by Crippen LogP contribution is -2.49. The molecule has 23 heavy (non-hydrogen) atoms. The van der Waals surface area contributed by atoms with Gasteiger partial charge in [-0.15, -0.1) is 24.8 Å². The molecule has 2 rings (SSSR count). The number of nitrogens with two attached hydrogens (primary N) is 1. The van der Waals surface area contributed by atoms with Crippen LogP contribution in [0.1, 0.15) is 52.9 Å². The van der Waals surface area contributed by atoms with Crippen LogP contribution in [-0.4, -0.2) is 54.5 Å². The average Bonchev–Trinajstić information content (AvgIpc) is 2.82. The molecule has 1 saturated heterocycles. The molecular formula is C17H35Cl2N3O. The summed E-state index contributed by atoms with van der Waals surface area (Å²) >= 11 is 0. The van der Waals surface area contributed by atoms with Gasteiger partial charge in [-0.2, -0.15) is 0 Å². The first kappa shape index (κ1) is 23.0. The Morgan fingerprint density at radius 3 is 2.17 bits per heavy atom. The van der Waals surface area contributed by atoms with Gasteiger partial charge >= 0.3 is 0 Å². The van der Waals surface area contributed by atoms with Crippen molar-refractivity contribution in [3.63, 3.8) is 0 Å². The number of nitrogens with zero attached hydrogens (tertiary/aromatic N) is 2. The van der Waals surface area contributed by atoms with Crippen molar-refractivity contribution in [3.8, 4) is 0 Å². The minimum atomic E-state index is 0. The van der Waals surface area contributed by atoms with Crippen molar-refractivity contribution in [2.24, 2.45) is 17.1 Å². The van der Waals surface area contributed by atoms with Gasteiger partial charge in [-0.1, -0.05) is 27.2 Å². The Balaban J connectivity index is 0.00000242. The van der Waals surface area contributed by atoms with E-state index < -0.39 is 0 Å². The van der Waals surface area contributed by atoms with Crippen LogP contribution in [0.3, 0.4) is 0 Å². The van der Waals surface area contributed by atoms with E-state index in [9.17, 15) is 4.79 Å². The number of hydrogen-bond acceptors (Lipinski definition) is 3. The Bertz CT molecular complexity index is 352. The summed E-state index contributed by atoms with van der Waals surface area (Å²) in [5.74, 6) is 0.754. The molecule has 2 fully saturated rings. The van der Waals surface area contributed by atoms with Crippen LogP contribution >= 0.6 is 24.8 Å². The summed E-state index contributed by atoms with van der Waals surface area (Å²) < 4.78 is 0. The van der Waals surface area contributed by atoms with Gasteiger partial charge in [-0.3, -0.25) is 9.69 Å². The molecular weight excluding hydrogens is 333 g/mol. The van der Waals surface area contributed by atoms with E-state index >= 15 is 0 Å². The summed E-state index contributed by atoms with van der Waals surface area (Å²) in [6.45, 7) is 11.9. The summed E-state index contributed by atoms with van der Waals surface area (Å²) in [5, 5.41) is 0. The van der Waals surface area contributed by atoms with Gasteiger partial charge in [0.1, 0.15) is 0 Å². The smallest absolute Gasteiger partial charge is 0.222 e. The molecule has 0 aromatic carbocycles. The highest BCUT2D eigenvalue weighted by molar-refractivity contribution is 5.85. The van der Waals surface area contributed by atoms with Crippen LogP contribution in [0, 0.1) is 11.3 Å². The van der Waals surface area contributed by atoms with Crippen molar-refractivity contribution in [2.75, 3.05) is 32.7 Å². The standard InChI is InChI=1S/C17H33N3O.2ClH/c1-17(2,3)7-8-19-9-11-20(12-10-19)16(21)13-14-5-4-6-15(14)18;;/h14-15H,4-13,18H2,1-3H3;2*1H/t14-,15+;;/m0../s1. The third kappa shape index (κ3) is 7.59. The van der Waals surface area contributed by atoms with Crippen LogP contribution in [0.2, 0.25) is 0 Å². The van der Waals surface area contributed by atoms with Crippen LogP contribution in [0.5, 0.6) is 0 Å². The lowest BCUT2D eigenvalue weighted by molar-refractivity contribution is -0.134. The van der Waals surface area contributed by atoms with E-state index in [4.69, 9.17) is 5.73 Å². The summed E-state index contributed by atoms with van der Waals surface area (Å²) in [4.78, 5) is 16.9. The highest BCUT2D eigenvalue weighted by Gasteiger charge is 2.29. The molecule has 0 unspecified atom stereocenters. The van der Waals surface area contributed by atoms with Crippen molar-refractivity contribution >= 4 is 30.7 Å². The average molecular weight is 368 g/mol. The molecule has 1 aliphatic carbocycles. The number of hydrogen-bond donors (Lipinski definition) is 1. The Kier molecular flexibility index (Phi) is 10.1. The second kappa shape index (κ2) is 10.1. The minimum Gasteiger partial charge on any atom is -0.340 e. The zero-order chi connectivity index (χ0) is 15.5. The van der Waals surface area contributed by atoms with Crippen molar-refractivity contribution in [2.45, 2.75) is 58.9 Å². The zero-order valence-electron chi connectivity index (χ0n) is 14.9. The van der Waals surface area contributed by atoms with Crippen molar-refractivity contribution < 1.29 is 4.79 Å². The fourth-order valence-electron chi connectivity index (χ4n) is 3.39. The first-order valence-corrected chi connectivity index (χ1v) is 8.61. The summed E-state index contributed by atoms with van der Waals surface area (Å²) in [6, 6.07) is 0.252. The molecule has 0 bridgehead atoms. The van der Waals surface area contributed by atoms with Crippen molar-refractivity contribution in [1.82, 2.24) is 9.80 Å². The van der Waals surface area contributed by atoms with Gasteiger partial charge < -0.3 is 10.6 Å². The molecule has 1 saturated carbocycles. The Morgan fingerprint density at radius 1 is 1.09 bits per heavy atom. The van der Waals surface area contributed by atoms with Crippen LogP contribution in [0.15, 0.2) is 0 Å². The van der Waals surface area contributed by atoms with Crippen LogP contribution in [-0.2, 0) is 4.79 Å². The van der Waals surface area contributed by atoms with Gasteiger partial charge in [0.05, 0.1) is 0 Å². The SMILES string of the molecule is CC(C)(C)CCN1CCN(C(=O)C[C@@H]2CCC[C@H]2N)CC1.Cl.Cl. The monoisotopic (exact) mass is 367 g/mol. The quantitative estimate of drug-likeness (QED) is 0.830. The molecule has 0 aromatic rings. The number of rotatable bonds is 4. The van der Waals surface area contributed by atoms with E-state index in [1.807, 2.05) is 0 Å². The number of halogens is 2. The van der Waals surface area contributed by atoms with Gasteiger partial charge in [0.2, 0.25) is 5.91 Å². The molecule has 6 heteroatoms. The van der Waals surface area contributed by atoms with E-state index in [0.717, 1.165) is 45.6 Å². The van der Waals surface area contributed by atoms with Crippen LogP contribution in [0.4, 0.5) is 0 Å². The molecule has 1 heterocycles. The van der Waals surface area contributed by atoms with Gasteiger partial charge in [0.25, 0.3) is 0 Å². The predicted molar refractivity (Wildman–Crippen MR) is 102 cm³/mol. The molecule has 0 radical (unpaired) electrons. The summed E-state index contributed by atoms with van der Waals surface area (Å²) in [6.07, 6.45) is 5.32. The number of piperazine rings is 1. The summed E-state index contributed by atoms with van der Waals surface area (Å²) in [7, 11) is 0. The van der Waals surface area contributed by atoms with Gasteiger partial charge in [-0.05, 0) is 37.1 Å². The molecule has 2 atom stereocenters. The molecule has 2 aliphatic rings. The molecule has 4 nitrogen and oxygen atoms in total. The second-order valence-electron chi connectivity index (χ2n) is 8.09. The minimum absolute atomic E-state index is 0. The van der Waals surface area contributed by atoms with Crippen molar-refractivity contribution in [3.05, 3.63) is 0 Å². The van der Waals surface area contributed by atoms with E-state index in [-0.39, 0.29) is 30.9 Å². The molecule has 0 spiro atoms. The lowest BCUT2D eigenvalue weighted by Gasteiger charge is -2.36. The second-order valence-corrected chi connectivity index (χ2v) is 8.09. The van der Waals surface area contributed by atoms with E-state index in [1.54, 1.807) is 0 Å². The number of carbonyl (C=O) groups is 1. The Hall–Kier alpha value is -0.0300. The Labute approximate surface area is 154 Å². The predicted octanol–water partition coefficient (Wildman–Crippen LogP) is 2.93. The van der Waals surface area contributed by atoms with Gasteiger partial charge in [0.15, 0.2) is 0 Å². The first-order chi connectivity index (χ1) is 9.85. The maximum absolute atomic E-state index is 12.4. The first-order valence-electron chi connectivity index (χ1n) is 8.61. The fraction of sp³-hybridized carbons (Fsp3) is 0.941.